The number of hydrogen-bond acceptors (Lipinski definition) is 2. The lowest BCUT2D eigenvalue weighted by Gasteiger charge is -2.20. The number of hydrogen-bond donors (Lipinski definition) is 1. The topological polar surface area (TPSA) is 33.1 Å². The van der Waals surface area contributed by atoms with Gasteiger partial charge in [-0.3, -0.25) is 4.98 Å². The molecule has 1 aliphatic rings. The molecule has 1 atom stereocenters. The fourth-order valence-corrected chi connectivity index (χ4v) is 2.15. The molecule has 1 aromatic rings. The summed E-state index contributed by atoms with van der Waals surface area (Å²) in [7, 11) is 0. The summed E-state index contributed by atoms with van der Waals surface area (Å²) in [6, 6.07) is 1.93. The van der Waals surface area contributed by atoms with E-state index in [0.29, 0.717) is 0 Å². The zero-order valence-corrected chi connectivity index (χ0v) is 8.21. The molecule has 12 heavy (non-hydrogen) atoms. The van der Waals surface area contributed by atoms with Crippen LogP contribution in [-0.2, 0) is 6.42 Å². The molecule has 0 radical (unpaired) electrons. The van der Waals surface area contributed by atoms with E-state index in [1.165, 1.54) is 5.56 Å². The molecule has 0 bridgehead atoms. The van der Waals surface area contributed by atoms with Crippen molar-refractivity contribution in [3.8, 4) is 0 Å². The van der Waals surface area contributed by atoms with Gasteiger partial charge < -0.3 is 5.11 Å². The third-order valence-corrected chi connectivity index (χ3v) is 2.99. The van der Waals surface area contributed by atoms with Crippen LogP contribution < -0.4 is 0 Å². The highest BCUT2D eigenvalue weighted by Crippen LogP contribution is 2.31. The molecule has 1 aromatic heterocycles. The number of fused-ring (bicyclic) bond motifs is 1. The van der Waals surface area contributed by atoms with Gasteiger partial charge in [0.05, 0.1) is 11.8 Å². The predicted molar refractivity (Wildman–Crippen MR) is 49.8 cm³/mol. The quantitative estimate of drug-likeness (QED) is 0.738. The van der Waals surface area contributed by atoms with Gasteiger partial charge in [-0.15, -0.1) is 0 Å². The molecule has 1 unspecified atom stereocenters. The van der Waals surface area contributed by atoms with Crippen LogP contribution >= 0.6 is 15.9 Å². The summed E-state index contributed by atoms with van der Waals surface area (Å²) in [6.45, 7) is 0. The average Bonchev–Trinajstić information content (AvgIpc) is 2.07. The summed E-state index contributed by atoms with van der Waals surface area (Å²) >= 11 is 3.46. The van der Waals surface area contributed by atoms with Gasteiger partial charge in [0, 0.05) is 10.7 Å². The zero-order valence-electron chi connectivity index (χ0n) is 6.63. The maximum absolute atomic E-state index is 9.60. The first-order valence-corrected chi connectivity index (χ1v) is 4.89. The van der Waals surface area contributed by atoms with E-state index in [9.17, 15) is 5.11 Å². The van der Waals surface area contributed by atoms with Gasteiger partial charge in [-0.2, -0.15) is 0 Å². The third-order valence-electron chi connectivity index (χ3n) is 2.25. The first kappa shape index (κ1) is 8.20. The standard InChI is InChI=1S/C9H10BrNO/c10-7-4-5-11-9-6(7)2-1-3-8(9)12/h4-5,8,12H,1-3H2. The van der Waals surface area contributed by atoms with Crippen molar-refractivity contribution in [2.24, 2.45) is 0 Å². The van der Waals surface area contributed by atoms with E-state index < -0.39 is 0 Å². The van der Waals surface area contributed by atoms with Crippen molar-refractivity contribution in [3.63, 3.8) is 0 Å². The monoisotopic (exact) mass is 227 g/mol. The van der Waals surface area contributed by atoms with Gasteiger partial charge in [-0.05, 0) is 30.9 Å². The second-order valence-corrected chi connectivity index (χ2v) is 3.92. The van der Waals surface area contributed by atoms with Crippen LogP contribution in [0.2, 0.25) is 0 Å². The Balaban J connectivity index is 2.52. The molecule has 1 N–H and O–H groups in total. The highest BCUT2D eigenvalue weighted by atomic mass is 79.9. The number of aromatic nitrogens is 1. The SMILES string of the molecule is OC1CCCc2c(Br)ccnc21. The van der Waals surface area contributed by atoms with Crippen LogP contribution in [0, 0.1) is 0 Å². The highest BCUT2D eigenvalue weighted by Gasteiger charge is 2.20. The molecule has 0 fully saturated rings. The summed E-state index contributed by atoms with van der Waals surface area (Å²) in [5, 5.41) is 9.60. The van der Waals surface area contributed by atoms with Crippen LogP contribution in [0.15, 0.2) is 16.7 Å². The van der Waals surface area contributed by atoms with Gasteiger partial charge >= 0.3 is 0 Å². The van der Waals surface area contributed by atoms with Crippen molar-refractivity contribution in [2.75, 3.05) is 0 Å². The van der Waals surface area contributed by atoms with Gasteiger partial charge in [-0.1, -0.05) is 15.9 Å². The van der Waals surface area contributed by atoms with E-state index in [0.717, 1.165) is 29.4 Å². The third kappa shape index (κ3) is 1.27. The molecule has 1 aliphatic carbocycles. The van der Waals surface area contributed by atoms with Crippen molar-refractivity contribution in [1.29, 1.82) is 0 Å². The summed E-state index contributed by atoms with van der Waals surface area (Å²) < 4.78 is 1.08. The fourth-order valence-electron chi connectivity index (χ4n) is 1.63. The molecule has 2 nitrogen and oxygen atoms in total. The lowest BCUT2D eigenvalue weighted by atomic mass is 9.94. The van der Waals surface area contributed by atoms with E-state index in [-0.39, 0.29) is 6.10 Å². The first-order valence-electron chi connectivity index (χ1n) is 4.10. The summed E-state index contributed by atoms with van der Waals surface area (Å²) in [5.74, 6) is 0. The Morgan fingerprint density at radius 1 is 1.58 bits per heavy atom. The number of aliphatic hydroxyl groups excluding tert-OH is 1. The fraction of sp³-hybridized carbons (Fsp3) is 0.444. The molecule has 0 spiro atoms. The molecule has 0 aliphatic heterocycles. The second kappa shape index (κ2) is 3.15. The summed E-state index contributed by atoms with van der Waals surface area (Å²) in [6.07, 6.45) is 4.30. The molecule has 0 saturated carbocycles. The minimum absolute atomic E-state index is 0.355. The van der Waals surface area contributed by atoms with Crippen LogP contribution in [0.3, 0.4) is 0 Å². The van der Waals surface area contributed by atoms with E-state index in [1.54, 1.807) is 6.20 Å². The normalized spacial score (nSPS) is 22.0. The Morgan fingerprint density at radius 2 is 2.42 bits per heavy atom. The van der Waals surface area contributed by atoms with Crippen LogP contribution in [0.5, 0.6) is 0 Å². The maximum Gasteiger partial charge on any atom is 0.0963 e. The Morgan fingerprint density at radius 3 is 3.17 bits per heavy atom. The molecule has 0 aromatic carbocycles. The molecule has 0 amide bonds. The maximum atomic E-state index is 9.60. The Kier molecular flexibility index (Phi) is 2.15. The van der Waals surface area contributed by atoms with Crippen molar-refractivity contribution in [1.82, 2.24) is 4.98 Å². The van der Waals surface area contributed by atoms with E-state index >= 15 is 0 Å². The summed E-state index contributed by atoms with van der Waals surface area (Å²) in [4.78, 5) is 4.18. The van der Waals surface area contributed by atoms with Crippen LogP contribution in [0.1, 0.15) is 30.2 Å². The van der Waals surface area contributed by atoms with E-state index in [4.69, 9.17) is 0 Å². The lowest BCUT2D eigenvalue weighted by molar-refractivity contribution is 0.151. The molecular formula is C9H10BrNO. The van der Waals surface area contributed by atoms with Crippen molar-refractivity contribution in [3.05, 3.63) is 28.0 Å². The highest BCUT2D eigenvalue weighted by molar-refractivity contribution is 9.10. The molecular weight excluding hydrogens is 218 g/mol. The largest absolute Gasteiger partial charge is 0.387 e. The van der Waals surface area contributed by atoms with Gasteiger partial charge in [-0.25, -0.2) is 0 Å². The summed E-state index contributed by atoms with van der Waals surface area (Å²) in [5.41, 5.74) is 2.03. The Labute approximate surface area is 79.8 Å². The molecule has 64 valence electrons. The smallest absolute Gasteiger partial charge is 0.0963 e. The molecule has 1 heterocycles. The zero-order chi connectivity index (χ0) is 8.55. The number of halogens is 1. The minimum Gasteiger partial charge on any atom is -0.387 e. The number of rotatable bonds is 0. The first-order chi connectivity index (χ1) is 5.79. The van der Waals surface area contributed by atoms with E-state index in [1.807, 2.05) is 6.07 Å². The van der Waals surface area contributed by atoms with Crippen LogP contribution in [0.25, 0.3) is 0 Å². The lowest BCUT2D eigenvalue weighted by Crippen LogP contribution is -2.11. The Hall–Kier alpha value is -0.410. The number of nitrogens with zero attached hydrogens (tertiary/aromatic N) is 1. The Bertz CT molecular complexity index is 301. The van der Waals surface area contributed by atoms with Gasteiger partial charge in [0.15, 0.2) is 0 Å². The molecule has 3 heteroatoms. The second-order valence-electron chi connectivity index (χ2n) is 3.06. The number of aliphatic hydroxyl groups is 1. The van der Waals surface area contributed by atoms with Crippen molar-refractivity contribution >= 4 is 15.9 Å². The predicted octanol–water partition coefficient (Wildman–Crippen LogP) is 2.21. The van der Waals surface area contributed by atoms with Gasteiger partial charge in [0.2, 0.25) is 0 Å². The molecule has 0 saturated heterocycles. The van der Waals surface area contributed by atoms with Gasteiger partial charge in [0.1, 0.15) is 0 Å². The minimum atomic E-state index is -0.355. The van der Waals surface area contributed by atoms with Gasteiger partial charge in [0.25, 0.3) is 0 Å². The van der Waals surface area contributed by atoms with Crippen molar-refractivity contribution < 1.29 is 5.11 Å². The van der Waals surface area contributed by atoms with Crippen molar-refractivity contribution in [2.45, 2.75) is 25.4 Å². The molecule has 2 rings (SSSR count). The van der Waals surface area contributed by atoms with Crippen LogP contribution in [-0.4, -0.2) is 10.1 Å². The van der Waals surface area contributed by atoms with E-state index in [2.05, 4.69) is 20.9 Å². The van der Waals surface area contributed by atoms with Crippen LogP contribution in [0.4, 0.5) is 0 Å². The average molecular weight is 228 g/mol. The number of pyridine rings is 1.